The van der Waals surface area contributed by atoms with Gasteiger partial charge in [0.25, 0.3) is 5.91 Å². The number of nitrogens with zero attached hydrogens (tertiary/aromatic N) is 1. The Labute approximate surface area is 166 Å². The zero-order valence-electron chi connectivity index (χ0n) is 16.9. The molecule has 3 aromatic rings. The quantitative estimate of drug-likeness (QED) is 0.577. The van der Waals surface area contributed by atoms with Gasteiger partial charge in [0.05, 0.1) is 6.10 Å². The second-order valence-corrected chi connectivity index (χ2v) is 6.86. The molecule has 4 heteroatoms. The highest BCUT2D eigenvalue weighted by molar-refractivity contribution is 6.00. The molecular weight excluding hydrogens is 350 g/mol. The van der Waals surface area contributed by atoms with Gasteiger partial charge in [0.15, 0.2) is 6.61 Å². The van der Waals surface area contributed by atoms with E-state index in [0.29, 0.717) is 12.3 Å². The second kappa shape index (κ2) is 8.89. The Hall–Kier alpha value is -2.85. The van der Waals surface area contributed by atoms with Crippen molar-refractivity contribution < 1.29 is 14.3 Å². The summed E-state index contributed by atoms with van der Waals surface area (Å²) in [6.07, 6.45) is -0.000855. The predicted octanol–water partition coefficient (Wildman–Crippen LogP) is 5.07. The SMILES string of the molecule is CCN(C)C(=O)COc1ccc2ccccc2c1-c1cccc(C(C)OC)c1. The number of fused-ring (bicyclic) bond motifs is 1. The van der Waals surface area contributed by atoms with E-state index in [9.17, 15) is 4.79 Å². The third-order valence-electron chi connectivity index (χ3n) is 5.14. The molecule has 0 aliphatic heterocycles. The minimum atomic E-state index is -0.0386. The first-order valence-electron chi connectivity index (χ1n) is 9.56. The molecule has 0 fully saturated rings. The van der Waals surface area contributed by atoms with Gasteiger partial charge in [-0.05, 0) is 47.9 Å². The van der Waals surface area contributed by atoms with Gasteiger partial charge < -0.3 is 14.4 Å². The van der Waals surface area contributed by atoms with Crippen molar-refractivity contribution in [2.24, 2.45) is 0 Å². The number of methoxy groups -OCH3 is 1. The molecule has 0 heterocycles. The number of amides is 1. The van der Waals surface area contributed by atoms with Gasteiger partial charge in [-0.25, -0.2) is 0 Å². The van der Waals surface area contributed by atoms with E-state index >= 15 is 0 Å². The topological polar surface area (TPSA) is 38.8 Å². The first-order chi connectivity index (χ1) is 13.5. The predicted molar refractivity (Wildman–Crippen MR) is 114 cm³/mol. The molecule has 0 spiro atoms. The van der Waals surface area contributed by atoms with Gasteiger partial charge in [0.2, 0.25) is 0 Å². The summed E-state index contributed by atoms with van der Waals surface area (Å²) >= 11 is 0. The van der Waals surface area contributed by atoms with Crippen molar-refractivity contribution in [3.8, 4) is 16.9 Å². The summed E-state index contributed by atoms with van der Waals surface area (Å²) in [7, 11) is 3.49. The lowest BCUT2D eigenvalue weighted by atomic mass is 9.95. The molecule has 28 heavy (non-hydrogen) atoms. The third-order valence-corrected chi connectivity index (χ3v) is 5.14. The Balaban J connectivity index is 2.07. The van der Waals surface area contributed by atoms with Gasteiger partial charge in [0, 0.05) is 26.3 Å². The van der Waals surface area contributed by atoms with Gasteiger partial charge in [0.1, 0.15) is 5.75 Å². The molecule has 146 valence electrons. The molecule has 1 amide bonds. The zero-order valence-corrected chi connectivity index (χ0v) is 16.9. The smallest absolute Gasteiger partial charge is 0.260 e. The van der Waals surface area contributed by atoms with Crippen LogP contribution in [0.3, 0.4) is 0 Å². The monoisotopic (exact) mass is 377 g/mol. The van der Waals surface area contributed by atoms with Gasteiger partial charge in [-0.1, -0.05) is 48.5 Å². The van der Waals surface area contributed by atoms with E-state index in [4.69, 9.17) is 9.47 Å². The third kappa shape index (κ3) is 4.18. The minimum Gasteiger partial charge on any atom is -0.483 e. The fraction of sp³-hybridized carbons (Fsp3) is 0.292. The van der Waals surface area contributed by atoms with Crippen LogP contribution in [-0.2, 0) is 9.53 Å². The van der Waals surface area contributed by atoms with Gasteiger partial charge in [-0.15, -0.1) is 0 Å². The molecule has 0 saturated heterocycles. The molecule has 3 aromatic carbocycles. The molecule has 0 aliphatic carbocycles. The number of hydrogen-bond donors (Lipinski definition) is 0. The maximum absolute atomic E-state index is 12.2. The van der Waals surface area contributed by atoms with E-state index in [-0.39, 0.29) is 18.6 Å². The first-order valence-corrected chi connectivity index (χ1v) is 9.56. The van der Waals surface area contributed by atoms with Crippen LogP contribution in [0.5, 0.6) is 5.75 Å². The maximum atomic E-state index is 12.2. The molecule has 1 unspecified atom stereocenters. The summed E-state index contributed by atoms with van der Waals surface area (Å²) in [5, 5.41) is 2.23. The maximum Gasteiger partial charge on any atom is 0.260 e. The highest BCUT2D eigenvalue weighted by Crippen LogP contribution is 2.38. The summed E-state index contributed by atoms with van der Waals surface area (Å²) < 4.78 is 11.5. The summed E-state index contributed by atoms with van der Waals surface area (Å²) in [6.45, 7) is 4.65. The molecular formula is C24H27NO3. The summed E-state index contributed by atoms with van der Waals surface area (Å²) in [4.78, 5) is 13.9. The van der Waals surface area contributed by atoms with E-state index < -0.39 is 0 Å². The molecule has 1 atom stereocenters. The van der Waals surface area contributed by atoms with Gasteiger partial charge in [-0.2, -0.15) is 0 Å². The van der Waals surface area contributed by atoms with E-state index in [2.05, 4.69) is 30.3 Å². The lowest BCUT2D eigenvalue weighted by molar-refractivity contribution is -0.131. The average Bonchev–Trinajstić information content (AvgIpc) is 2.75. The van der Waals surface area contributed by atoms with Crippen LogP contribution in [0.1, 0.15) is 25.5 Å². The number of benzene rings is 3. The van der Waals surface area contributed by atoms with E-state index in [1.54, 1.807) is 19.1 Å². The van der Waals surface area contributed by atoms with E-state index in [1.165, 1.54) is 0 Å². The van der Waals surface area contributed by atoms with Crippen LogP contribution in [0.2, 0.25) is 0 Å². The van der Waals surface area contributed by atoms with Crippen molar-refractivity contribution >= 4 is 16.7 Å². The Bertz CT molecular complexity index is 967. The fourth-order valence-electron chi connectivity index (χ4n) is 3.18. The largest absolute Gasteiger partial charge is 0.483 e. The molecule has 0 radical (unpaired) electrons. The van der Waals surface area contributed by atoms with Crippen molar-refractivity contribution in [1.82, 2.24) is 4.90 Å². The first kappa shape index (κ1) is 19.9. The summed E-state index contributed by atoms with van der Waals surface area (Å²) in [5.74, 6) is 0.669. The fourth-order valence-corrected chi connectivity index (χ4v) is 3.18. The number of rotatable bonds is 7. The van der Waals surface area contributed by atoms with Crippen LogP contribution in [0, 0.1) is 0 Å². The van der Waals surface area contributed by atoms with Crippen molar-refractivity contribution in [2.75, 3.05) is 27.3 Å². The number of carbonyl (C=O) groups excluding carboxylic acids is 1. The van der Waals surface area contributed by atoms with Crippen LogP contribution < -0.4 is 4.74 Å². The van der Waals surface area contributed by atoms with Crippen LogP contribution in [0.25, 0.3) is 21.9 Å². The average molecular weight is 377 g/mol. The van der Waals surface area contributed by atoms with Crippen LogP contribution in [-0.4, -0.2) is 38.1 Å². The molecule has 3 rings (SSSR count). The van der Waals surface area contributed by atoms with E-state index in [0.717, 1.165) is 27.5 Å². The minimum absolute atomic E-state index is 0.000855. The molecule has 4 nitrogen and oxygen atoms in total. The molecule has 0 bridgehead atoms. The Morgan fingerprint density at radius 3 is 2.61 bits per heavy atom. The molecule has 0 aromatic heterocycles. The Morgan fingerprint density at radius 1 is 1.07 bits per heavy atom. The molecule has 0 aliphatic rings. The van der Waals surface area contributed by atoms with Crippen molar-refractivity contribution in [1.29, 1.82) is 0 Å². The highest BCUT2D eigenvalue weighted by atomic mass is 16.5. The van der Waals surface area contributed by atoms with Crippen molar-refractivity contribution in [2.45, 2.75) is 20.0 Å². The van der Waals surface area contributed by atoms with Crippen LogP contribution in [0.4, 0.5) is 0 Å². The number of likely N-dealkylation sites (N-methyl/N-ethyl adjacent to an activating group) is 1. The second-order valence-electron chi connectivity index (χ2n) is 6.86. The molecule has 0 N–H and O–H groups in total. The van der Waals surface area contributed by atoms with Crippen LogP contribution >= 0.6 is 0 Å². The Morgan fingerprint density at radius 2 is 1.86 bits per heavy atom. The standard InChI is InChI=1S/C24H27NO3/c1-5-25(3)23(26)16-28-22-14-13-18-9-6-7-12-21(18)24(22)20-11-8-10-19(15-20)17(2)27-4/h6-15,17H,5,16H2,1-4H3. The van der Waals surface area contributed by atoms with E-state index in [1.807, 2.05) is 44.2 Å². The normalized spacial score (nSPS) is 12.0. The van der Waals surface area contributed by atoms with Crippen molar-refractivity contribution in [3.63, 3.8) is 0 Å². The lowest BCUT2D eigenvalue weighted by Gasteiger charge is -2.18. The van der Waals surface area contributed by atoms with Gasteiger partial charge in [-0.3, -0.25) is 4.79 Å². The highest BCUT2D eigenvalue weighted by Gasteiger charge is 2.15. The summed E-state index contributed by atoms with van der Waals surface area (Å²) in [5.41, 5.74) is 3.14. The zero-order chi connectivity index (χ0) is 20.1. The van der Waals surface area contributed by atoms with Crippen molar-refractivity contribution in [3.05, 3.63) is 66.2 Å². The number of hydrogen-bond acceptors (Lipinski definition) is 3. The van der Waals surface area contributed by atoms with Crippen LogP contribution in [0.15, 0.2) is 60.7 Å². The Kier molecular flexibility index (Phi) is 6.32. The number of ether oxygens (including phenoxy) is 2. The lowest BCUT2D eigenvalue weighted by Crippen LogP contribution is -2.31. The number of carbonyl (C=O) groups is 1. The molecule has 0 saturated carbocycles. The summed E-state index contributed by atoms with van der Waals surface area (Å²) in [6, 6.07) is 20.5. The van der Waals surface area contributed by atoms with Gasteiger partial charge >= 0.3 is 0 Å².